The predicted molar refractivity (Wildman–Crippen MR) is 96.3 cm³/mol. The number of benzene rings is 2. The van der Waals surface area contributed by atoms with Crippen LogP contribution in [0.4, 0.5) is 15.9 Å². The minimum atomic E-state index is -0.512. The number of halogens is 1. The second-order valence-corrected chi connectivity index (χ2v) is 6.47. The Morgan fingerprint density at radius 2 is 2.04 bits per heavy atom. The minimum Gasteiger partial charge on any atom is -0.326 e. The van der Waals surface area contributed by atoms with Gasteiger partial charge in [-0.15, -0.1) is 0 Å². The number of H-pyrrole nitrogens is 1. The summed E-state index contributed by atoms with van der Waals surface area (Å²) in [5.74, 6) is -1.21. The van der Waals surface area contributed by atoms with Crippen molar-refractivity contribution in [3.05, 3.63) is 53.8 Å². The van der Waals surface area contributed by atoms with E-state index >= 15 is 0 Å². The highest BCUT2D eigenvalue weighted by Gasteiger charge is 2.37. The highest BCUT2D eigenvalue weighted by molar-refractivity contribution is 6.07. The molecule has 0 saturated carbocycles. The molecule has 2 amide bonds. The zero-order chi connectivity index (χ0) is 18.3. The van der Waals surface area contributed by atoms with Crippen LogP contribution in [0.2, 0.25) is 0 Å². The van der Waals surface area contributed by atoms with Crippen molar-refractivity contribution in [2.24, 2.45) is 5.92 Å². The van der Waals surface area contributed by atoms with E-state index in [9.17, 15) is 14.0 Å². The molecule has 0 bridgehead atoms. The number of carbonyl (C=O) groups is 2. The van der Waals surface area contributed by atoms with Crippen LogP contribution in [0.15, 0.2) is 42.5 Å². The molecule has 2 N–H and O–H groups in total. The van der Waals surface area contributed by atoms with Gasteiger partial charge in [0.25, 0.3) is 0 Å². The Bertz CT molecular complexity index is 996. The molecule has 1 aliphatic heterocycles. The Kier molecular flexibility index (Phi) is 3.91. The zero-order valence-corrected chi connectivity index (χ0v) is 14.1. The van der Waals surface area contributed by atoms with Gasteiger partial charge in [0.05, 0.1) is 16.8 Å². The maximum Gasteiger partial charge on any atom is 0.229 e. The highest BCUT2D eigenvalue weighted by atomic mass is 19.1. The van der Waals surface area contributed by atoms with Gasteiger partial charge in [0.15, 0.2) is 5.82 Å². The maximum absolute atomic E-state index is 14.2. The molecule has 2 aromatic carbocycles. The first-order valence-electron chi connectivity index (χ1n) is 8.33. The van der Waals surface area contributed by atoms with Crippen molar-refractivity contribution >= 4 is 34.2 Å². The number of aryl methyl sites for hydroxylation is 1. The number of hydrogen-bond acceptors (Lipinski definition) is 3. The van der Waals surface area contributed by atoms with E-state index in [0.29, 0.717) is 11.2 Å². The third kappa shape index (κ3) is 2.81. The lowest BCUT2D eigenvalue weighted by Crippen LogP contribution is -2.28. The number of aromatic amines is 1. The normalized spacial score (nSPS) is 17.1. The number of nitrogens with zero attached hydrogens (tertiary/aromatic N) is 2. The second kappa shape index (κ2) is 6.25. The Labute approximate surface area is 149 Å². The van der Waals surface area contributed by atoms with Crippen molar-refractivity contribution in [1.82, 2.24) is 10.2 Å². The third-order valence-corrected chi connectivity index (χ3v) is 4.59. The van der Waals surface area contributed by atoms with Crippen LogP contribution in [0.5, 0.6) is 0 Å². The first-order chi connectivity index (χ1) is 12.5. The van der Waals surface area contributed by atoms with Crippen LogP contribution < -0.4 is 10.2 Å². The number of rotatable bonds is 3. The maximum atomic E-state index is 14.2. The standard InChI is InChI=1S/C19H17FN4O2/c1-11-5-7-13(8-6-11)21-19(26)12-9-16(25)24(10-12)18-17-14(20)3-2-4-15(17)22-23-18/h2-8,12H,9-10H2,1H3,(H,21,26)(H,22,23)/t12-/m0/s1. The Hall–Kier alpha value is -3.22. The predicted octanol–water partition coefficient (Wildman–Crippen LogP) is 3.00. The molecule has 7 heteroatoms. The van der Waals surface area contributed by atoms with Gasteiger partial charge in [-0.3, -0.25) is 19.6 Å². The number of fused-ring (bicyclic) bond motifs is 1. The minimum absolute atomic E-state index is 0.0699. The summed E-state index contributed by atoms with van der Waals surface area (Å²) in [6.45, 7) is 2.14. The molecule has 26 heavy (non-hydrogen) atoms. The number of aromatic nitrogens is 2. The lowest BCUT2D eigenvalue weighted by molar-refractivity contribution is -0.122. The van der Waals surface area contributed by atoms with Crippen molar-refractivity contribution in [2.75, 3.05) is 16.8 Å². The van der Waals surface area contributed by atoms with Crippen LogP contribution in [0.25, 0.3) is 10.9 Å². The van der Waals surface area contributed by atoms with Crippen LogP contribution in [0.3, 0.4) is 0 Å². The molecular weight excluding hydrogens is 335 g/mol. The number of hydrogen-bond donors (Lipinski definition) is 2. The molecule has 2 heterocycles. The van der Waals surface area contributed by atoms with Gasteiger partial charge in [0.1, 0.15) is 5.82 Å². The number of carbonyl (C=O) groups excluding carboxylic acids is 2. The lowest BCUT2D eigenvalue weighted by atomic mass is 10.1. The second-order valence-electron chi connectivity index (χ2n) is 6.47. The van der Waals surface area contributed by atoms with Gasteiger partial charge in [-0.2, -0.15) is 5.10 Å². The number of anilines is 2. The fraction of sp³-hybridized carbons (Fsp3) is 0.211. The van der Waals surface area contributed by atoms with E-state index in [1.807, 2.05) is 31.2 Å². The quantitative estimate of drug-likeness (QED) is 0.761. The first-order valence-corrected chi connectivity index (χ1v) is 8.33. The molecule has 0 unspecified atom stereocenters. The summed E-state index contributed by atoms with van der Waals surface area (Å²) in [6.07, 6.45) is 0.0699. The van der Waals surface area contributed by atoms with Gasteiger partial charge in [0, 0.05) is 18.7 Å². The largest absolute Gasteiger partial charge is 0.326 e. The topological polar surface area (TPSA) is 78.1 Å². The summed E-state index contributed by atoms with van der Waals surface area (Å²) in [6, 6.07) is 12.0. The van der Waals surface area contributed by atoms with Gasteiger partial charge in [-0.25, -0.2) is 4.39 Å². The first kappa shape index (κ1) is 16.3. The zero-order valence-electron chi connectivity index (χ0n) is 14.1. The smallest absolute Gasteiger partial charge is 0.229 e. The van der Waals surface area contributed by atoms with E-state index in [0.717, 1.165) is 5.56 Å². The Morgan fingerprint density at radius 3 is 2.81 bits per heavy atom. The van der Waals surface area contributed by atoms with Crippen molar-refractivity contribution in [3.63, 3.8) is 0 Å². The van der Waals surface area contributed by atoms with Crippen LogP contribution in [0, 0.1) is 18.7 Å². The molecule has 1 aliphatic rings. The van der Waals surface area contributed by atoms with Gasteiger partial charge in [-0.1, -0.05) is 23.8 Å². The van der Waals surface area contributed by atoms with E-state index < -0.39 is 11.7 Å². The molecular formula is C19H17FN4O2. The number of nitrogens with one attached hydrogen (secondary N) is 2. The highest BCUT2D eigenvalue weighted by Crippen LogP contribution is 2.31. The summed E-state index contributed by atoms with van der Waals surface area (Å²) in [7, 11) is 0. The summed E-state index contributed by atoms with van der Waals surface area (Å²) in [4.78, 5) is 26.3. The monoisotopic (exact) mass is 352 g/mol. The van der Waals surface area contributed by atoms with Gasteiger partial charge < -0.3 is 5.32 Å². The van der Waals surface area contributed by atoms with E-state index in [2.05, 4.69) is 15.5 Å². The number of amides is 2. The van der Waals surface area contributed by atoms with E-state index in [4.69, 9.17) is 0 Å². The molecule has 0 aliphatic carbocycles. The lowest BCUT2D eigenvalue weighted by Gasteiger charge is -2.14. The fourth-order valence-electron chi connectivity index (χ4n) is 3.18. The van der Waals surface area contributed by atoms with Crippen LogP contribution >= 0.6 is 0 Å². The average Bonchev–Trinajstić information content (AvgIpc) is 3.21. The van der Waals surface area contributed by atoms with Crippen LogP contribution in [-0.4, -0.2) is 28.6 Å². The fourth-order valence-corrected chi connectivity index (χ4v) is 3.18. The summed E-state index contributed by atoms with van der Waals surface area (Å²) < 4.78 is 14.2. The molecule has 6 nitrogen and oxygen atoms in total. The van der Waals surface area contributed by atoms with E-state index in [-0.39, 0.29) is 36.0 Å². The molecule has 3 aromatic rings. The Balaban J connectivity index is 1.54. The molecule has 132 valence electrons. The molecule has 0 radical (unpaired) electrons. The molecule has 0 spiro atoms. The molecule has 1 saturated heterocycles. The molecule has 4 rings (SSSR count). The van der Waals surface area contributed by atoms with E-state index in [1.54, 1.807) is 12.1 Å². The van der Waals surface area contributed by atoms with Crippen LogP contribution in [-0.2, 0) is 9.59 Å². The Morgan fingerprint density at radius 1 is 1.27 bits per heavy atom. The SMILES string of the molecule is Cc1ccc(NC(=O)[C@H]2CC(=O)N(c3n[nH]c4cccc(F)c34)C2)cc1. The summed E-state index contributed by atoms with van der Waals surface area (Å²) in [5, 5.41) is 9.91. The van der Waals surface area contributed by atoms with Gasteiger partial charge in [-0.05, 0) is 31.2 Å². The van der Waals surface area contributed by atoms with Gasteiger partial charge >= 0.3 is 0 Å². The van der Waals surface area contributed by atoms with Crippen molar-refractivity contribution < 1.29 is 14.0 Å². The molecule has 1 fully saturated rings. The summed E-state index contributed by atoms with van der Waals surface area (Å²) in [5.41, 5.74) is 2.29. The van der Waals surface area contributed by atoms with E-state index in [1.165, 1.54) is 11.0 Å². The molecule has 1 aromatic heterocycles. The van der Waals surface area contributed by atoms with Gasteiger partial charge in [0.2, 0.25) is 11.8 Å². The van der Waals surface area contributed by atoms with Crippen LogP contribution in [0.1, 0.15) is 12.0 Å². The van der Waals surface area contributed by atoms with Crippen molar-refractivity contribution in [3.8, 4) is 0 Å². The third-order valence-electron chi connectivity index (χ3n) is 4.59. The molecule has 1 atom stereocenters. The van der Waals surface area contributed by atoms with Crippen molar-refractivity contribution in [2.45, 2.75) is 13.3 Å². The average molecular weight is 352 g/mol. The summed E-state index contributed by atoms with van der Waals surface area (Å²) >= 11 is 0. The van der Waals surface area contributed by atoms with Crippen molar-refractivity contribution in [1.29, 1.82) is 0 Å².